The molecule has 0 aliphatic carbocycles. The van der Waals surface area contributed by atoms with Gasteiger partial charge in [0.15, 0.2) is 9.84 Å². The molecule has 2 aliphatic heterocycles. The number of methoxy groups -OCH3 is 1. The molecule has 0 unspecified atom stereocenters. The molecule has 0 amide bonds. The second-order valence-corrected chi connectivity index (χ2v) is 11.5. The molecule has 0 spiro atoms. The zero-order valence-corrected chi connectivity index (χ0v) is 17.5. The van der Waals surface area contributed by atoms with E-state index in [9.17, 15) is 21.2 Å². The lowest BCUT2D eigenvalue weighted by Gasteiger charge is -2.37. The number of hydrogen-bond acceptors (Lipinski definition) is 5. The summed E-state index contributed by atoms with van der Waals surface area (Å²) in [5.41, 5.74) is 0. The number of benzene rings is 2. The summed E-state index contributed by atoms with van der Waals surface area (Å²) in [4.78, 5) is 0.0359. The minimum atomic E-state index is -4.02. The van der Waals surface area contributed by atoms with Gasteiger partial charge in [0.25, 0.3) is 0 Å². The van der Waals surface area contributed by atoms with E-state index in [1.165, 1.54) is 17.5 Å². The molecule has 0 saturated carbocycles. The van der Waals surface area contributed by atoms with Crippen LogP contribution in [-0.4, -0.2) is 45.6 Å². The highest BCUT2D eigenvalue weighted by Gasteiger charge is 2.50. The van der Waals surface area contributed by atoms with Gasteiger partial charge in [-0.05, 0) is 56.0 Å². The normalized spacial score (nSPS) is 25.1. The molecule has 2 heterocycles. The standard InChI is InChI=1S/C20H22FNO5S2/c1-27-19-10-7-14(21)11-20(19)29(25,26)22-15-8-9-16(22)13-18(12-15)28(23,24)17-5-3-2-4-6-17/h2-7,10-11,15-16,18H,8-9,12-13H2,1H3/t15-,16-/m0/s1. The third-order valence-corrected chi connectivity index (χ3v) is 10.0. The minimum Gasteiger partial charge on any atom is -0.495 e. The number of nitrogens with zero attached hydrogens (tertiary/aromatic N) is 1. The fraction of sp³-hybridized carbons (Fsp3) is 0.400. The highest BCUT2D eigenvalue weighted by atomic mass is 32.2. The zero-order chi connectivity index (χ0) is 20.8. The van der Waals surface area contributed by atoms with E-state index >= 15 is 0 Å². The first-order chi connectivity index (χ1) is 13.7. The van der Waals surface area contributed by atoms with Crippen LogP contribution in [0, 0.1) is 5.82 Å². The molecular formula is C20H22FNO5S2. The lowest BCUT2D eigenvalue weighted by Crippen LogP contribution is -2.49. The molecule has 29 heavy (non-hydrogen) atoms. The molecule has 2 saturated heterocycles. The summed E-state index contributed by atoms with van der Waals surface area (Å²) >= 11 is 0. The third-order valence-electron chi connectivity index (χ3n) is 5.81. The van der Waals surface area contributed by atoms with Gasteiger partial charge in [0.05, 0.1) is 17.3 Å². The van der Waals surface area contributed by atoms with Gasteiger partial charge in [0.2, 0.25) is 10.0 Å². The summed E-state index contributed by atoms with van der Waals surface area (Å²) in [7, 11) is -6.24. The van der Waals surface area contributed by atoms with Gasteiger partial charge in [-0.3, -0.25) is 0 Å². The average molecular weight is 440 g/mol. The van der Waals surface area contributed by atoms with Crippen molar-refractivity contribution in [3.63, 3.8) is 0 Å². The van der Waals surface area contributed by atoms with Crippen LogP contribution in [0.1, 0.15) is 25.7 Å². The van der Waals surface area contributed by atoms with E-state index in [0.717, 1.165) is 12.1 Å². The molecule has 2 aliphatic rings. The van der Waals surface area contributed by atoms with Crippen LogP contribution in [0.2, 0.25) is 0 Å². The molecule has 0 aromatic heterocycles. The van der Waals surface area contributed by atoms with Gasteiger partial charge in [-0.15, -0.1) is 0 Å². The molecule has 0 N–H and O–H groups in total. The van der Waals surface area contributed by atoms with Gasteiger partial charge in [-0.2, -0.15) is 4.31 Å². The summed E-state index contributed by atoms with van der Waals surface area (Å²) in [6.07, 6.45) is 1.62. The average Bonchev–Trinajstić information content (AvgIpc) is 2.99. The first kappa shape index (κ1) is 20.3. The number of fused-ring (bicyclic) bond motifs is 2. The zero-order valence-electron chi connectivity index (χ0n) is 15.9. The van der Waals surface area contributed by atoms with Crippen molar-refractivity contribution in [1.82, 2.24) is 4.31 Å². The number of piperidine rings is 1. The SMILES string of the molecule is COc1ccc(F)cc1S(=O)(=O)N1[C@H]2CC[C@H]1CC(S(=O)(=O)c1ccccc1)C2. The van der Waals surface area contributed by atoms with Gasteiger partial charge >= 0.3 is 0 Å². The van der Waals surface area contributed by atoms with Crippen LogP contribution >= 0.6 is 0 Å². The maximum Gasteiger partial charge on any atom is 0.247 e. The van der Waals surface area contributed by atoms with Crippen LogP contribution < -0.4 is 4.74 Å². The summed E-state index contributed by atoms with van der Waals surface area (Å²) in [5, 5.41) is -0.636. The van der Waals surface area contributed by atoms with Crippen molar-refractivity contribution >= 4 is 19.9 Å². The van der Waals surface area contributed by atoms with Crippen LogP contribution in [0.5, 0.6) is 5.75 Å². The summed E-state index contributed by atoms with van der Waals surface area (Å²) < 4.78 is 73.0. The monoisotopic (exact) mass is 439 g/mol. The maximum absolute atomic E-state index is 13.8. The molecule has 6 nitrogen and oxygen atoms in total. The lowest BCUT2D eigenvalue weighted by atomic mass is 10.1. The summed E-state index contributed by atoms with van der Waals surface area (Å²) in [6, 6.07) is 10.8. The van der Waals surface area contributed by atoms with Crippen LogP contribution in [0.25, 0.3) is 0 Å². The van der Waals surface area contributed by atoms with Gasteiger partial charge in [0.1, 0.15) is 16.5 Å². The Morgan fingerprint density at radius 2 is 1.59 bits per heavy atom. The Labute approximate surface area is 170 Å². The Morgan fingerprint density at radius 1 is 0.966 bits per heavy atom. The predicted molar refractivity (Wildman–Crippen MR) is 105 cm³/mol. The summed E-state index contributed by atoms with van der Waals surface area (Å²) in [5.74, 6) is -0.594. The number of ether oxygens (including phenoxy) is 1. The first-order valence-electron chi connectivity index (χ1n) is 9.41. The fourth-order valence-corrected chi connectivity index (χ4v) is 8.43. The van der Waals surface area contributed by atoms with Crippen LogP contribution in [0.15, 0.2) is 58.3 Å². The van der Waals surface area contributed by atoms with Crippen molar-refractivity contribution in [2.75, 3.05) is 7.11 Å². The fourth-order valence-electron chi connectivity index (χ4n) is 4.50. The Balaban J connectivity index is 1.66. The number of hydrogen-bond donors (Lipinski definition) is 0. The van der Waals surface area contributed by atoms with Gasteiger partial charge in [0, 0.05) is 12.1 Å². The van der Waals surface area contributed by atoms with E-state index in [0.29, 0.717) is 12.8 Å². The molecular weight excluding hydrogens is 417 g/mol. The van der Waals surface area contributed by atoms with Crippen LogP contribution in [0.3, 0.4) is 0 Å². The van der Waals surface area contributed by atoms with Crippen molar-refractivity contribution in [2.45, 2.75) is 52.8 Å². The smallest absolute Gasteiger partial charge is 0.247 e. The molecule has 9 heteroatoms. The first-order valence-corrected chi connectivity index (χ1v) is 12.4. The number of halogens is 1. The molecule has 2 aromatic carbocycles. The van der Waals surface area contributed by atoms with E-state index in [2.05, 4.69) is 0 Å². The van der Waals surface area contributed by atoms with Crippen molar-refractivity contribution in [1.29, 1.82) is 0 Å². The van der Waals surface area contributed by atoms with Crippen molar-refractivity contribution in [3.8, 4) is 5.75 Å². The van der Waals surface area contributed by atoms with Crippen LogP contribution in [0.4, 0.5) is 4.39 Å². The highest BCUT2D eigenvalue weighted by Crippen LogP contribution is 2.44. The topological polar surface area (TPSA) is 80.8 Å². The molecule has 2 atom stereocenters. The minimum absolute atomic E-state index is 0.0739. The Kier molecular flexibility index (Phi) is 5.16. The number of rotatable bonds is 5. The second kappa shape index (κ2) is 7.37. The quantitative estimate of drug-likeness (QED) is 0.716. The molecule has 2 bridgehead atoms. The number of sulfonamides is 1. The molecule has 2 aromatic rings. The maximum atomic E-state index is 13.8. The van der Waals surface area contributed by atoms with Gasteiger partial charge in [-0.1, -0.05) is 18.2 Å². The Bertz CT molecular complexity index is 1100. The lowest BCUT2D eigenvalue weighted by molar-refractivity contribution is 0.248. The predicted octanol–water partition coefficient (Wildman–Crippen LogP) is 2.99. The highest BCUT2D eigenvalue weighted by molar-refractivity contribution is 7.92. The second-order valence-electron chi connectivity index (χ2n) is 7.47. The molecule has 2 fully saturated rings. The number of sulfone groups is 1. The largest absolute Gasteiger partial charge is 0.495 e. The Hall–Kier alpha value is -1.97. The van der Waals surface area contributed by atoms with E-state index in [1.807, 2.05) is 0 Å². The molecule has 4 rings (SSSR count). The Morgan fingerprint density at radius 3 is 2.17 bits per heavy atom. The van der Waals surface area contributed by atoms with Crippen molar-refractivity contribution < 1.29 is 26.0 Å². The van der Waals surface area contributed by atoms with E-state index < -0.39 is 43.0 Å². The van der Waals surface area contributed by atoms with Crippen molar-refractivity contribution in [3.05, 3.63) is 54.3 Å². The van der Waals surface area contributed by atoms with Gasteiger partial charge < -0.3 is 4.74 Å². The third kappa shape index (κ3) is 3.45. The van der Waals surface area contributed by atoms with E-state index in [-0.39, 0.29) is 28.4 Å². The molecule has 156 valence electrons. The molecule has 0 radical (unpaired) electrons. The van der Waals surface area contributed by atoms with Gasteiger partial charge in [-0.25, -0.2) is 21.2 Å². The van der Waals surface area contributed by atoms with E-state index in [4.69, 9.17) is 4.74 Å². The van der Waals surface area contributed by atoms with E-state index in [1.54, 1.807) is 30.3 Å². The van der Waals surface area contributed by atoms with Crippen molar-refractivity contribution in [2.24, 2.45) is 0 Å². The van der Waals surface area contributed by atoms with Crippen LogP contribution in [-0.2, 0) is 19.9 Å². The summed E-state index contributed by atoms with van der Waals surface area (Å²) in [6.45, 7) is 0.